The van der Waals surface area contributed by atoms with Crippen molar-refractivity contribution in [3.8, 4) is 5.88 Å². The standard InChI is InChI=1S/C13H21N3O2/c1-10(2)18-13-11(6-4-9-15-13)16-12(17)7-5-8-14-3/h4,6,9-10,14H,5,7-8H2,1-3H3,(H,16,17). The third kappa shape index (κ3) is 5.14. The molecule has 2 N–H and O–H groups in total. The molecule has 5 nitrogen and oxygen atoms in total. The van der Waals surface area contributed by atoms with E-state index in [0.29, 0.717) is 18.0 Å². The molecule has 1 aromatic heterocycles. The van der Waals surface area contributed by atoms with Crippen LogP contribution in [0.5, 0.6) is 5.88 Å². The van der Waals surface area contributed by atoms with Crippen molar-refractivity contribution >= 4 is 11.6 Å². The van der Waals surface area contributed by atoms with E-state index in [-0.39, 0.29) is 12.0 Å². The van der Waals surface area contributed by atoms with Gasteiger partial charge in [-0.1, -0.05) is 0 Å². The van der Waals surface area contributed by atoms with Crippen molar-refractivity contribution < 1.29 is 9.53 Å². The molecule has 0 aliphatic carbocycles. The highest BCUT2D eigenvalue weighted by molar-refractivity contribution is 5.91. The molecule has 0 fully saturated rings. The number of hydrogen-bond donors (Lipinski definition) is 2. The predicted molar refractivity (Wildman–Crippen MR) is 71.8 cm³/mol. The zero-order chi connectivity index (χ0) is 13.4. The fourth-order valence-electron chi connectivity index (χ4n) is 1.44. The van der Waals surface area contributed by atoms with Gasteiger partial charge in [-0.2, -0.15) is 0 Å². The summed E-state index contributed by atoms with van der Waals surface area (Å²) >= 11 is 0. The van der Waals surface area contributed by atoms with Crippen LogP contribution in [0.25, 0.3) is 0 Å². The van der Waals surface area contributed by atoms with E-state index in [1.165, 1.54) is 0 Å². The molecule has 18 heavy (non-hydrogen) atoms. The Morgan fingerprint density at radius 3 is 2.94 bits per heavy atom. The van der Waals surface area contributed by atoms with E-state index < -0.39 is 0 Å². The first-order valence-corrected chi connectivity index (χ1v) is 6.19. The Kier molecular flexibility index (Phi) is 6.14. The summed E-state index contributed by atoms with van der Waals surface area (Å²) in [6, 6.07) is 3.57. The molecule has 100 valence electrons. The Morgan fingerprint density at radius 1 is 1.50 bits per heavy atom. The molecule has 0 saturated heterocycles. The second kappa shape index (κ2) is 7.66. The van der Waals surface area contributed by atoms with Crippen LogP contribution < -0.4 is 15.4 Å². The third-order valence-electron chi connectivity index (χ3n) is 2.22. The van der Waals surface area contributed by atoms with Gasteiger partial charge in [0.15, 0.2) is 0 Å². The summed E-state index contributed by atoms with van der Waals surface area (Å²) in [5.41, 5.74) is 0.626. The van der Waals surface area contributed by atoms with Crippen molar-refractivity contribution in [3.63, 3.8) is 0 Å². The molecule has 1 amide bonds. The van der Waals surface area contributed by atoms with E-state index in [1.54, 1.807) is 18.3 Å². The molecule has 0 atom stereocenters. The van der Waals surface area contributed by atoms with E-state index >= 15 is 0 Å². The lowest BCUT2D eigenvalue weighted by Crippen LogP contribution is -2.17. The number of rotatable bonds is 7. The Labute approximate surface area is 108 Å². The van der Waals surface area contributed by atoms with Crippen LogP contribution in [0.2, 0.25) is 0 Å². The summed E-state index contributed by atoms with van der Waals surface area (Å²) in [5.74, 6) is 0.446. The maximum absolute atomic E-state index is 11.7. The molecule has 0 aliphatic rings. The molecule has 0 aromatic carbocycles. The normalized spacial score (nSPS) is 10.4. The van der Waals surface area contributed by atoms with E-state index in [0.717, 1.165) is 13.0 Å². The number of amides is 1. The summed E-state index contributed by atoms with van der Waals surface area (Å²) in [5, 5.41) is 5.83. The van der Waals surface area contributed by atoms with Crippen LogP contribution >= 0.6 is 0 Å². The summed E-state index contributed by atoms with van der Waals surface area (Å²) in [6.45, 7) is 4.68. The fraction of sp³-hybridized carbons (Fsp3) is 0.538. The molecular formula is C13H21N3O2. The minimum atomic E-state index is -0.0214. The van der Waals surface area contributed by atoms with Crippen LogP contribution in [-0.4, -0.2) is 30.6 Å². The van der Waals surface area contributed by atoms with Crippen molar-refractivity contribution in [3.05, 3.63) is 18.3 Å². The fourth-order valence-corrected chi connectivity index (χ4v) is 1.44. The minimum absolute atomic E-state index is 0.0214. The van der Waals surface area contributed by atoms with Gasteiger partial charge in [-0.15, -0.1) is 0 Å². The first kappa shape index (κ1) is 14.4. The van der Waals surface area contributed by atoms with Gasteiger partial charge in [0.25, 0.3) is 0 Å². The van der Waals surface area contributed by atoms with Crippen LogP contribution in [0.1, 0.15) is 26.7 Å². The lowest BCUT2D eigenvalue weighted by molar-refractivity contribution is -0.116. The van der Waals surface area contributed by atoms with Crippen molar-refractivity contribution in [1.29, 1.82) is 0 Å². The van der Waals surface area contributed by atoms with E-state index in [1.807, 2.05) is 20.9 Å². The number of nitrogens with zero attached hydrogens (tertiary/aromatic N) is 1. The molecule has 1 aromatic rings. The number of nitrogens with one attached hydrogen (secondary N) is 2. The van der Waals surface area contributed by atoms with Gasteiger partial charge in [-0.25, -0.2) is 4.98 Å². The molecule has 1 rings (SSSR count). The third-order valence-corrected chi connectivity index (χ3v) is 2.22. The van der Waals surface area contributed by atoms with Crippen molar-refractivity contribution in [2.24, 2.45) is 0 Å². The number of hydrogen-bond acceptors (Lipinski definition) is 4. The van der Waals surface area contributed by atoms with Crippen LogP contribution in [-0.2, 0) is 4.79 Å². The average Bonchev–Trinajstić information content (AvgIpc) is 2.31. The molecule has 0 radical (unpaired) electrons. The van der Waals surface area contributed by atoms with E-state index in [4.69, 9.17) is 4.74 Å². The van der Waals surface area contributed by atoms with Crippen LogP contribution in [0, 0.1) is 0 Å². The number of carbonyl (C=O) groups excluding carboxylic acids is 1. The van der Waals surface area contributed by atoms with Gasteiger partial charge in [0.2, 0.25) is 11.8 Å². The smallest absolute Gasteiger partial charge is 0.238 e. The highest BCUT2D eigenvalue weighted by Crippen LogP contribution is 2.21. The lowest BCUT2D eigenvalue weighted by Gasteiger charge is -2.13. The highest BCUT2D eigenvalue weighted by atomic mass is 16.5. The van der Waals surface area contributed by atoms with Gasteiger partial charge in [0, 0.05) is 12.6 Å². The summed E-state index contributed by atoms with van der Waals surface area (Å²) < 4.78 is 5.53. The quantitative estimate of drug-likeness (QED) is 0.725. The molecule has 0 saturated carbocycles. The molecule has 0 aliphatic heterocycles. The van der Waals surface area contributed by atoms with Crippen LogP contribution in [0.15, 0.2) is 18.3 Å². The zero-order valence-electron chi connectivity index (χ0n) is 11.2. The largest absolute Gasteiger partial charge is 0.473 e. The first-order chi connectivity index (χ1) is 8.63. The Morgan fingerprint density at radius 2 is 2.28 bits per heavy atom. The molecule has 0 spiro atoms. The topological polar surface area (TPSA) is 63.2 Å². The summed E-state index contributed by atoms with van der Waals surface area (Å²) in [4.78, 5) is 15.8. The van der Waals surface area contributed by atoms with Crippen molar-refractivity contribution in [2.75, 3.05) is 18.9 Å². The Bertz CT molecular complexity index is 380. The number of pyridine rings is 1. The highest BCUT2D eigenvalue weighted by Gasteiger charge is 2.09. The molecular weight excluding hydrogens is 230 g/mol. The van der Waals surface area contributed by atoms with Gasteiger partial charge < -0.3 is 15.4 Å². The second-order valence-electron chi connectivity index (χ2n) is 4.28. The monoisotopic (exact) mass is 251 g/mol. The average molecular weight is 251 g/mol. The number of carbonyl (C=O) groups is 1. The molecule has 0 bridgehead atoms. The van der Waals surface area contributed by atoms with Crippen molar-refractivity contribution in [1.82, 2.24) is 10.3 Å². The van der Waals surface area contributed by atoms with Gasteiger partial charge in [0.05, 0.1) is 6.10 Å². The molecule has 1 heterocycles. The van der Waals surface area contributed by atoms with Gasteiger partial charge >= 0.3 is 0 Å². The minimum Gasteiger partial charge on any atom is -0.473 e. The second-order valence-corrected chi connectivity index (χ2v) is 4.28. The lowest BCUT2D eigenvalue weighted by atomic mass is 10.3. The molecule has 5 heteroatoms. The number of anilines is 1. The number of ether oxygens (including phenoxy) is 1. The maximum Gasteiger partial charge on any atom is 0.238 e. The SMILES string of the molecule is CNCCCC(=O)Nc1cccnc1OC(C)C. The van der Waals surface area contributed by atoms with Gasteiger partial charge in [-0.3, -0.25) is 4.79 Å². The maximum atomic E-state index is 11.7. The zero-order valence-corrected chi connectivity index (χ0v) is 11.2. The predicted octanol–water partition coefficient (Wildman–Crippen LogP) is 1.81. The van der Waals surface area contributed by atoms with Crippen molar-refractivity contribution in [2.45, 2.75) is 32.8 Å². The van der Waals surface area contributed by atoms with Crippen LogP contribution in [0.3, 0.4) is 0 Å². The summed E-state index contributed by atoms with van der Waals surface area (Å²) in [6.07, 6.45) is 2.97. The Balaban J connectivity index is 2.57. The van der Waals surface area contributed by atoms with Gasteiger partial charge in [0.1, 0.15) is 5.69 Å². The van der Waals surface area contributed by atoms with Crippen LogP contribution in [0.4, 0.5) is 5.69 Å². The molecule has 0 unspecified atom stereocenters. The van der Waals surface area contributed by atoms with E-state index in [9.17, 15) is 4.79 Å². The Hall–Kier alpha value is -1.62. The van der Waals surface area contributed by atoms with Gasteiger partial charge in [-0.05, 0) is 46.0 Å². The summed E-state index contributed by atoms with van der Waals surface area (Å²) in [7, 11) is 1.87. The number of aromatic nitrogens is 1. The first-order valence-electron chi connectivity index (χ1n) is 6.19. The van der Waals surface area contributed by atoms with E-state index in [2.05, 4.69) is 15.6 Å².